The van der Waals surface area contributed by atoms with Crippen LogP contribution in [0.5, 0.6) is 0 Å². The second-order valence-electron chi connectivity index (χ2n) is 4.98. The van der Waals surface area contributed by atoms with Crippen LogP contribution < -0.4 is 10.9 Å². The predicted octanol–water partition coefficient (Wildman–Crippen LogP) is 1.58. The Morgan fingerprint density at radius 2 is 2.35 bits per heavy atom. The van der Waals surface area contributed by atoms with Crippen LogP contribution in [0, 0.1) is 0 Å². The van der Waals surface area contributed by atoms with Crippen molar-refractivity contribution in [3.05, 3.63) is 46.1 Å². The molecular weight excluding hydrogens is 274 g/mol. The summed E-state index contributed by atoms with van der Waals surface area (Å²) in [4.78, 5) is 17.4. The van der Waals surface area contributed by atoms with Crippen molar-refractivity contribution >= 4 is 22.0 Å². The standard InChI is InChI=1S/C13H13N5OS/c19-12-5-10(15-9-1-2-9)6-14-18(12)8-11-7-17-3-4-20-13(17)16-11/h3-7,9,15H,1-2,8H2. The molecule has 4 rings (SSSR count). The topological polar surface area (TPSA) is 64.2 Å². The fraction of sp³-hybridized carbons (Fsp3) is 0.308. The number of imidazole rings is 1. The first kappa shape index (κ1) is 11.7. The lowest BCUT2D eigenvalue weighted by molar-refractivity contribution is 0.631. The number of fused-ring (bicyclic) bond motifs is 1. The van der Waals surface area contributed by atoms with Gasteiger partial charge in [0.15, 0.2) is 4.96 Å². The van der Waals surface area contributed by atoms with Gasteiger partial charge in [-0.05, 0) is 12.8 Å². The van der Waals surface area contributed by atoms with Gasteiger partial charge in [-0.15, -0.1) is 11.3 Å². The maximum Gasteiger partial charge on any atom is 0.269 e. The molecule has 0 spiro atoms. The Balaban J connectivity index is 1.58. The van der Waals surface area contributed by atoms with Gasteiger partial charge in [0.1, 0.15) is 0 Å². The molecule has 0 aromatic carbocycles. The molecule has 0 unspecified atom stereocenters. The third-order valence-electron chi connectivity index (χ3n) is 3.27. The zero-order valence-electron chi connectivity index (χ0n) is 10.7. The molecule has 0 atom stereocenters. The van der Waals surface area contributed by atoms with E-state index in [0.29, 0.717) is 12.6 Å². The summed E-state index contributed by atoms with van der Waals surface area (Å²) in [7, 11) is 0. The molecular formula is C13H13N5OS. The number of thiazole rings is 1. The Bertz CT molecular complexity index is 785. The molecule has 1 saturated carbocycles. The summed E-state index contributed by atoms with van der Waals surface area (Å²) in [6.45, 7) is 0.400. The summed E-state index contributed by atoms with van der Waals surface area (Å²) in [5.41, 5.74) is 1.54. The normalized spacial score (nSPS) is 14.8. The molecule has 102 valence electrons. The van der Waals surface area contributed by atoms with Crippen LogP contribution in [0.4, 0.5) is 5.69 Å². The van der Waals surface area contributed by atoms with Crippen molar-refractivity contribution in [2.45, 2.75) is 25.4 Å². The molecule has 0 saturated heterocycles. The van der Waals surface area contributed by atoms with Gasteiger partial charge in [0, 0.05) is 29.9 Å². The maximum atomic E-state index is 12.0. The van der Waals surface area contributed by atoms with Crippen molar-refractivity contribution < 1.29 is 0 Å². The molecule has 0 bridgehead atoms. The average molecular weight is 287 g/mol. The Labute approximate surface area is 118 Å². The summed E-state index contributed by atoms with van der Waals surface area (Å²) < 4.78 is 3.39. The molecule has 0 radical (unpaired) electrons. The van der Waals surface area contributed by atoms with Crippen molar-refractivity contribution in [1.29, 1.82) is 0 Å². The van der Waals surface area contributed by atoms with Crippen molar-refractivity contribution in [2.75, 3.05) is 5.32 Å². The largest absolute Gasteiger partial charge is 0.381 e. The summed E-state index contributed by atoms with van der Waals surface area (Å²) in [6, 6.07) is 2.12. The van der Waals surface area contributed by atoms with E-state index in [1.54, 1.807) is 23.6 Å². The van der Waals surface area contributed by atoms with E-state index < -0.39 is 0 Å². The summed E-state index contributed by atoms with van der Waals surface area (Å²) in [5, 5.41) is 9.46. The highest BCUT2D eigenvalue weighted by Crippen LogP contribution is 2.23. The molecule has 1 N–H and O–H groups in total. The van der Waals surface area contributed by atoms with E-state index >= 15 is 0 Å². The van der Waals surface area contributed by atoms with Crippen LogP contribution in [0.2, 0.25) is 0 Å². The van der Waals surface area contributed by atoms with E-state index in [1.807, 2.05) is 22.2 Å². The van der Waals surface area contributed by atoms with E-state index in [2.05, 4.69) is 15.4 Å². The van der Waals surface area contributed by atoms with Gasteiger partial charge in [-0.3, -0.25) is 9.20 Å². The molecule has 7 heteroatoms. The lowest BCUT2D eigenvalue weighted by Crippen LogP contribution is -2.23. The third-order valence-corrected chi connectivity index (χ3v) is 4.04. The molecule has 3 aromatic rings. The Morgan fingerprint density at radius 1 is 1.45 bits per heavy atom. The first-order valence-electron chi connectivity index (χ1n) is 6.53. The average Bonchev–Trinajstić information content (AvgIpc) is 2.98. The molecule has 1 aliphatic rings. The van der Waals surface area contributed by atoms with Crippen molar-refractivity contribution in [3.63, 3.8) is 0 Å². The summed E-state index contributed by atoms with van der Waals surface area (Å²) in [6.07, 6.45) is 7.94. The Hall–Kier alpha value is -2.15. The monoisotopic (exact) mass is 287 g/mol. The lowest BCUT2D eigenvalue weighted by Gasteiger charge is -2.05. The minimum absolute atomic E-state index is 0.105. The van der Waals surface area contributed by atoms with Crippen molar-refractivity contribution in [2.24, 2.45) is 0 Å². The quantitative estimate of drug-likeness (QED) is 0.791. The zero-order valence-corrected chi connectivity index (χ0v) is 11.5. The number of rotatable bonds is 4. The van der Waals surface area contributed by atoms with E-state index in [1.165, 1.54) is 17.5 Å². The number of hydrogen-bond donors (Lipinski definition) is 1. The van der Waals surface area contributed by atoms with Crippen LogP contribution >= 0.6 is 11.3 Å². The van der Waals surface area contributed by atoms with Crippen LogP contribution in [0.25, 0.3) is 4.96 Å². The molecule has 0 aliphatic heterocycles. The van der Waals surface area contributed by atoms with Crippen LogP contribution in [0.15, 0.2) is 34.8 Å². The van der Waals surface area contributed by atoms with Gasteiger partial charge < -0.3 is 5.32 Å². The fourth-order valence-electron chi connectivity index (χ4n) is 2.10. The first-order valence-corrected chi connectivity index (χ1v) is 7.41. The van der Waals surface area contributed by atoms with E-state index in [0.717, 1.165) is 16.3 Å². The van der Waals surface area contributed by atoms with Crippen molar-refractivity contribution in [1.82, 2.24) is 19.2 Å². The van der Waals surface area contributed by atoms with Gasteiger partial charge in [-0.1, -0.05) is 0 Å². The molecule has 0 amide bonds. The number of nitrogens with one attached hydrogen (secondary N) is 1. The Morgan fingerprint density at radius 3 is 3.10 bits per heavy atom. The highest BCUT2D eigenvalue weighted by Gasteiger charge is 2.21. The molecule has 20 heavy (non-hydrogen) atoms. The predicted molar refractivity (Wildman–Crippen MR) is 77.3 cm³/mol. The fourth-order valence-corrected chi connectivity index (χ4v) is 2.82. The molecule has 3 heterocycles. The first-order chi connectivity index (χ1) is 9.78. The number of anilines is 1. The van der Waals surface area contributed by atoms with Gasteiger partial charge in [0.05, 0.1) is 24.1 Å². The Kier molecular flexibility index (Phi) is 2.59. The smallest absolute Gasteiger partial charge is 0.269 e. The van der Waals surface area contributed by atoms with Gasteiger partial charge in [-0.25, -0.2) is 9.67 Å². The van der Waals surface area contributed by atoms with Crippen LogP contribution in [-0.4, -0.2) is 25.2 Å². The second kappa shape index (κ2) is 4.45. The molecule has 6 nitrogen and oxygen atoms in total. The SMILES string of the molecule is O=c1cc(NC2CC2)cnn1Cc1cn2ccsc2n1. The number of hydrogen-bond acceptors (Lipinski definition) is 5. The molecule has 1 aliphatic carbocycles. The number of aromatic nitrogens is 4. The zero-order chi connectivity index (χ0) is 13.5. The maximum absolute atomic E-state index is 12.0. The van der Waals surface area contributed by atoms with Crippen LogP contribution in [0.3, 0.4) is 0 Å². The highest BCUT2D eigenvalue weighted by molar-refractivity contribution is 7.15. The lowest BCUT2D eigenvalue weighted by atomic mass is 10.4. The minimum atomic E-state index is -0.105. The van der Waals surface area contributed by atoms with Crippen LogP contribution in [-0.2, 0) is 6.54 Å². The van der Waals surface area contributed by atoms with Gasteiger partial charge >= 0.3 is 0 Å². The second-order valence-corrected chi connectivity index (χ2v) is 5.86. The molecule has 3 aromatic heterocycles. The third kappa shape index (κ3) is 2.20. The molecule has 1 fully saturated rings. The minimum Gasteiger partial charge on any atom is -0.381 e. The van der Waals surface area contributed by atoms with Gasteiger partial charge in [-0.2, -0.15) is 5.10 Å². The van der Waals surface area contributed by atoms with Crippen LogP contribution in [0.1, 0.15) is 18.5 Å². The summed E-state index contributed by atoms with van der Waals surface area (Å²) >= 11 is 1.57. The van der Waals surface area contributed by atoms with E-state index in [9.17, 15) is 4.79 Å². The van der Waals surface area contributed by atoms with Gasteiger partial charge in [0.25, 0.3) is 5.56 Å². The van der Waals surface area contributed by atoms with E-state index in [-0.39, 0.29) is 5.56 Å². The van der Waals surface area contributed by atoms with Crippen molar-refractivity contribution in [3.8, 4) is 0 Å². The number of nitrogens with zero attached hydrogens (tertiary/aromatic N) is 4. The summed E-state index contributed by atoms with van der Waals surface area (Å²) in [5.74, 6) is 0. The van der Waals surface area contributed by atoms with E-state index in [4.69, 9.17) is 0 Å². The highest BCUT2D eigenvalue weighted by atomic mass is 32.1. The van der Waals surface area contributed by atoms with Gasteiger partial charge in [0.2, 0.25) is 0 Å².